The first-order valence-corrected chi connectivity index (χ1v) is 3.75. The predicted octanol–water partition coefficient (Wildman–Crippen LogP) is 2.22. The third-order valence-corrected chi connectivity index (χ3v) is 1.56. The monoisotopic (exact) mass is 188 g/mol. The molecule has 1 aromatic carbocycles. The Morgan fingerprint density at radius 3 is 2.38 bits per heavy atom. The molecule has 0 aliphatic carbocycles. The molecule has 1 aromatic rings. The molecule has 0 bridgehead atoms. The van der Waals surface area contributed by atoms with Crippen LogP contribution in [0, 0.1) is 13.8 Å². The van der Waals surface area contributed by atoms with Crippen molar-refractivity contribution in [3.8, 4) is 5.75 Å². The first kappa shape index (κ1) is 9.92. The summed E-state index contributed by atoms with van der Waals surface area (Å²) in [6.07, 6.45) is -4.11. The maximum atomic E-state index is 12.0. The zero-order chi connectivity index (χ0) is 10.1. The maximum absolute atomic E-state index is 12.0. The lowest BCUT2D eigenvalue weighted by Gasteiger charge is -2.12. The van der Waals surface area contributed by atoms with Gasteiger partial charge in [0.1, 0.15) is 5.75 Å². The van der Waals surface area contributed by atoms with Crippen molar-refractivity contribution >= 4 is 0 Å². The summed E-state index contributed by atoms with van der Waals surface area (Å²) in [4.78, 5) is 0. The zero-order valence-electron chi connectivity index (χ0n) is 7.34. The summed E-state index contributed by atoms with van der Waals surface area (Å²) in [5.41, 5.74) is 1.51. The Bertz CT molecular complexity index is 305. The Morgan fingerprint density at radius 1 is 1.31 bits per heavy atom. The van der Waals surface area contributed by atoms with Crippen molar-refractivity contribution in [2.45, 2.75) is 20.1 Å². The SMILES string of the molecule is Cc1ccc(OC(O)(F)F)c(C)c1. The number of alkyl halides is 2. The van der Waals surface area contributed by atoms with Crippen LogP contribution in [0.2, 0.25) is 0 Å². The molecule has 0 spiro atoms. The Balaban J connectivity index is 2.90. The normalized spacial score (nSPS) is 11.5. The molecule has 0 amide bonds. The number of hydrogen-bond acceptors (Lipinski definition) is 2. The molecule has 0 aromatic heterocycles. The summed E-state index contributed by atoms with van der Waals surface area (Å²) in [5, 5.41) is 8.11. The van der Waals surface area contributed by atoms with Gasteiger partial charge in [-0.3, -0.25) is 0 Å². The molecule has 0 unspecified atom stereocenters. The molecule has 0 saturated carbocycles. The molecule has 0 saturated heterocycles. The van der Waals surface area contributed by atoms with Crippen LogP contribution >= 0.6 is 0 Å². The summed E-state index contributed by atoms with van der Waals surface area (Å²) in [7, 11) is 0. The lowest BCUT2D eigenvalue weighted by Crippen LogP contribution is -2.23. The predicted molar refractivity (Wildman–Crippen MR) is 43.7 cm³/mol. The third kappa shape index (κ3) is 2.99. The van der Waals surface area contributed by atoms with Crippen molar-refractivity contribution in [3.63, 3.8) is 0 Å². The van der Waals surface area contributed by atoms with Crippen LogP contribution in [-0.4, -0.2) is 11.4 Å². The highest BCUT2D eigenvalue weighted by Gasteiger charge is 2.28. The largest absolute Gasteiger partial charge is 0.532 e. The van der Waals surface area contributed by atoms with E-state index in [1.54, 1.807) is 19.1 Å². The van der Waals surface area contributed by atoms with Crippen LogP contribution < -0.4 is 4.74 Å². The van der Waals surface area contributed by atoms with Crippen molar-refractivity contribution in [1.82, 2.24) is 0 Å². The van der Waals surface area contributed by atoms with Crippen molar-refractivity contribution in [3.05, 3.63) is 29.3 Å². The number of hydrogen-bond donors (Lipinski definition) is 1. The van der Waals surface area contributed by atoms with Gasteiger partial charge >= 0.3 is 6.29 Å². The van der Waals surface area contributed by atoms with Gasteiger partial charge in [0.05, 0.1) is 0 Å². The summed E-state index contributed by atoms with van der Waals surface area (Å²) >= 11 is 0. The fourth-order valence-corrected chi connectivity index (χ4v) is 1.05. The zero-order valence-corrected chi connectivity index (χ0v) is 7.34. The highest BCUT2D eigenvalue weighted by Crippen LogP contribution is 2.23. The number of halogens is 2. The first-order chi connectivity index (χ1) is 5.88. The molecule has 13 heavy (non-hydrogen) atoms. The molecule has 0 radical (unpaired) electrons. The lowest BCUT2D eigenvalue weighted by molar-refractivity contribution is -0.327. The van der Waals surface area contributed by atoms with Gasteiger partial charge in [-0.15, -0.1) is 8.78 Å². The van der Waals surface area contributed by atoms with E-state index in [2.05, 4.69) is 4.74 Å². The fraction of sp³-hybridized carbons (Fsp3) is 0.333. The van der Waals surface area contributed by atoms with E-state index < -0.39 is 6.29 Å². The van der Waals surface area contributed by atoms with Gasteiger partial charge in [0.2, 0.25) is 0 Å². The second kappa shape index (κ2) is 3.30. The number of ether oxygens (including phenoxy) is 1. The van der Waals surface area contributed by atoms with Crippen LogP contribution in [0.25, 0.3) is 0 Å². The quantitative estimate of drug-likeness (QED) is 0.721. The van der Waals surface area contributed by atoms with E-state index in [9.17, 15) is 8.78 Å². The minimum atomic E-state index is -4.11. The highest BCUT2D eigenvalue weighted by atomic mass is 19.3. The van der Waals surface area contributed by atoms with Gasteiger partial charge in [-0.1, -0.05) is 17.7 Å². The molecule has 0 aliphatic heterocycles. The van der Waals surface area contributed by atoms with E-state index in [1.807, 2.05) is 6.92 Å². The van der Waals surface area contributed by atoms with E-state index in [-0.39, 0.29) is 5.75 Å². The first-order valence-electron chi connectivity index (χ1n) is 3.75. The number of aliphatic hydroxyl groups is 1. The van der Waals surface area contributed by atoms with Crippen molar-refractivity contribution in [2.24, 2.45) is 0 Å². The van der Waals surface area contributed by atoms with Crippen LogP contribution in [0.4, 0.5) is 8.78 Å². The second-order valence-electron chi connectivity index (χ2n) is 2.86. The summed E-state index contributed by atoms with van der Waals surface area (Å²) in [5.74, 6) is -0.0156. The molecule has 0 aliphatic rings. The Labute approximate surface area is 74.8 Å². The highest BCUT2D eigenvalue weighted by molar-refractivity contribution is 5.35. The molecular formula is C9H10F2O2. The van der Waals surface area contributed by atoms with Crippen molar-refractivity contribution < 1.29 is 18.6 Å². The van der Waals surface area contributed by atoms with Crippen LogP contribution in [-0.2, 0) is 0 Å². The molecule has 4 heteroatoms. The van der Waals surface area contributed by atoms with Gasteiger partial charge in [0, 0.05) is 0 Å². The van der Waals surface area contributed by atoms with Crippen LogP contribution in [0.1, 0.15) is 11.1 Å². The smallest absolute Gasteiger partial charge is 0.409 e. The van der Waals surface area contributed by atoms with Gasteiger partial charge in [-0.25, -0.2) is 0 Å². The Hall–Kier alpha value is -1.16. The van der Waals surface area contributed by atoms with Gasteiger partial charge in [0.25, 0.3) is 0 Å². The molecule has 0 fully saturated rings. The molecule has 1 rings (SSSR count). The van der Waals surface area contributed by atoms with E-state index in [1.165, 1.54) is 6.07 Å². The van der Waals surface area contributed by atoms with Gasteiger partial charge in [0.15, 0.2) is 0 Å². The van der Waals surface area contributed by atoms with E-state index in [0.717, 1.165) is 5.56 Å². The van der Waals surface area contributed by atoms with Crippen LogP contribution in [0.5, 0.6) is 5.75 Å². The summed E-state index contributed by atoms with van der Waals surface area (Å²) < 4.78 is 28.1. The average molecular weight is 188 g/mol. The van der Waals surface area contributed by atoms with E-state index >= 15 is 0 Å². The Kier molecular flexibility index (Phi) is 2.52. The fourth-order valence-electron chi connectivity index (χ4n) is 1.05. The van der Waals surface area contributed by atoms with Gasteiger partial charge in [-0.05, 0) is 25.5 Å². The van der Waals surface area contributed by atoms with E-state index in [4.69, 9.17) is 5.11 Å². The van der Waals surface area contributed by atoms with Crippen molar-refractivity contribution in [2.75, 3.05) is 0 Å². The van der Waals surface area contributed by atoms with Crippen LogP contribution in [0.15, 0.2) is 18.2 Å². The topological polar surface area (TPSA) is 29.5 Å². The van der Waals surface area contributed by atoms with E-state index in [0.29, 0.717) is 5.56 Å². The molecule has 2 nitrogen and oxygen atoms in total. The Morgan fingerprint density at radius 2 is 1.92 bits per heavy atom. The molecular weight excluding hydrogens is 178 g/mol. The van der Waals surface area contributed by atoms with Crippen LogP contribution in [0.3, 0.4) is 0 Å². The lowest BCUT2D eigenvalue weighted by atomic mass is 10.1. The average Bonchev–Trinajstić information content (AvgIpc) is 1.93. The second-order valence-corrected chi connectivity index (χ2v) is 2.86. The van der Waals surface area contributed by atoms with Gasteiger partial charge < -0.3 is 9.84 Å². The minimum absolute atomic E-state index is 0.0156. The summed E-state index contributed by atoms with van der Waals surface area (Å²) in [6, 6.07) is 4.73. The van der Waals surface area contributed by atoms with Gasteiger partial charge in [-0.2, -0.15) is 0 Å². The van der Waals surface area contributed by atoms with Crippen molar-refractivity contribution in [1.29, 1.82) is 0 Å². The summed E-state index contributed by atoms with van der Waals surface area (Å²) in [6.45, 7) is 3.47. The minimum Gasteiger partial charge on any atom is -0.409 e. The molecule has 72 valence electrons. The molecule has 1 N–H and O–H groups in total. The number of aryl methyl sites for hydroxylation is 2. The maximum Gasteiger partial charge on any atom is 0.532 e. The standard InChI is InChI=1S/C9H10F2O2/c1-6-3-4-8(7(2)5-6)13-9(10,11)12/h3-5,12H,1-2H3. The number of benzene rings is 1. The number of rotatable bonds is 2. The third-order valence-electron chi connectivity index (χ3n) is 1.56. The molecule has 0 heterocycles. The molecule has 0 atom stereocenters.